The minimum Gasteiger partial charge on any atom is -0.467 e. The van der Waals surface area contributed by atoms with Gasteiger partial charge in [-0.05, 0) is 38.5 Å². The van der Waals surface area contributed by atoms with Crippen molar-refractivity contribution in [1.82, 2.24) is 5.32 Å². The fourth-order valence-electron chi connectivity index (χ4n) is 2.73. The van der Waals surface area contributed by atoms with Crippen LogP contribution in [0.15, 0.2) is 0 Å². The molecule has 0 saturated heterocycles. The molecule has 1 aliphatic rings. The van der Waals surface area contributed by atoms with E-state index in [1.54, 1.807) is 13.8 Å². The van der Waals surface area contributed by atoms with E-state index in [1.165, 1.54) is 14.0 Å². The summed E-state index contributed by atoms with van der Waals surface area (Å²) in [4.78, 5) is 47.1. The van der Waals surface area contributed by atoms with Gasteiger partial charge in [-0.2, -0.15) is 0 Å². The highest BCUT2D eigenvalue weighted by Gasteiger charge is 2.40. The van der Waals surface area contributed by atoms with Gasteiger partial charge in [0.25, 0.3) is 0 Å². The maximum Gasteiger partial charge on any atom is 0.370 e. The Labute approximate surface area is 157 Å². The van der Waals surface area contributed by atoms with Crippen molar-refractivity contribution in [3.05, 3.63) is 0 Å². The smallest absolute Gasteiger partial charge is 0.370 e. The summed E-state index contributed by atoms with van der Waals surface area (Å²) in [6, 6.07) is -1.03. The summed E-state index contributed by atoms with van der Waals surface area (Å²) < 4.78 is 13.6. The lowest BCUT2D eigenvalue weighted by Gasteiger charge is -2.30. The van der Waals surface area contributed by atoms with E-state index >= 15 is 0 Å². The Morgan fingerprint density at radius 1 is 1.12 bits per heavy atom. The molecule has 0 heterocycles. The van der Waals surface area contributed by atoms with E-state index in [2.05, 4.69) is 10.1 Å². The highest BCUT2D eigenvalue weighted by molar-refractivity contribution is 8.14. The summed E-state index contributed by atoms with van der Waals surface area (Å²) in [6.07, 6.45) is 4.72. The molecule has 9 heteroatoms. The average molecular weight is 389 g/mol. The fourth-order valence-corrected chi connectivity index (χ4v) is 3.54. The molecule has 26 heavy (non-hydrogen) atoms. The van der Waals surface area contributed by atoms with Crippen LogP contribution in [0.1, 0.15) is 52.9 Å². The summed E-state index contributed by atoms with van der Waals surface area (Å²) >= 11 is 0.715. The van der Waals surface area contributed by atoms with E-state index in [0.717, 1.165) is 32.1 Å². The number of carbonyl (C=O) groups is 4. The third-order valence-electron chi connectivity index (χ3n) is 4.14. The lowest BCUT2D eigenvalue weighted by atomic mass is 9.89. The van der Waals surface area contributed by atoms with E-state index in [9.17, 15) is 19.2 Å². The van der Waals surface area contributed by atoms with Gasteiger partial charge in [-0.1, -0.05) is 19.3 Å². The molecule has 1 amide bonds. The fraction of sp³-hybridized carbons (Fsp3) is 0.765. The van der Waals surface area contributed by atoms with Crippen molar-refractivity contribution in [2.24, 2.45) is 5.92 Å². The molecule has 8 nitrogen and oxygen atoms in total. The molecule has 0 bridgehead atoms. The third-order valence-corrected chi connectivity index (χ3v) is 5.19. The monoisotopic (exact) mass is 389 g/mol. The maximum absolute atomic E-state index is 12.0. The first-order chi connectivity index (χ1) is 12.2. The molecule has 1 atom stereocenters. The number of methoxy groups -OCH3 is 1. The number of ether oxygens (including phenoxy) is 3. The van der Waals surface area contributed by atoms with Crippen LogP contribution in [0.5, 0.6) is 0 Å². The quantitative estimate of drug-likeness (QED) is 0.522. The lowest BCUT2D eigenvalue weighted by Crippen LogP contribution is -2.52. The molecular formula is C17H27NO7S. The van der Waals surface area contributed by atoms with Crippen molar-refractivity contribution in [2.75, 3.05) is 13.9 Å². The van der Waals surface area contributed by atoms with Gasteiger partial charge in [-0.25, -0.2) is 9.59 Å². The van der Waals surface area contributed by atoms with Crippen LogP contribution >= 0.6 is 11.8 Å². The first-order valence-corrected chi connectivity index (χ1v) is 9.36. The second kappa shape index (κ2) is 10.4. The number of rotatable bonds is 7. The number of esters is 2. The first-order valence-electron chi connectivity index (χ1n) is 8.54. The summed E-state index contributed by atoms with van der Waals surface area (Å²) in [6.45, 7) is 4.00. The molecular weight excluding hydrogens is 362 g/mol. The lowest BCUT2D eigenvalue weighted by molar-refractivity contribution is -0.157. The van der Waals surface area contributed by atoms with Gasteiger partial charge in [0, 0.05) is 6.92 Å². The third kappa shape index (κ3) is 7.23. The van der Waals surface area contributed by atoms with E-state index in [4.69, 9.17) is 9.47 Å². The minimum atomic E-state index is -1.03. The van der Waals surface area contributed by atoms with Gasteiger partial charge in [-0.15, -0.1) is 0 Å². The Bertz CT molecular complexity index is 529. The maximum atomic E-state index is 12.0. The van der Waals surface area contributed by atoms with Gasteiger partial charge in [0.05, 0.1) is 17.8 Å². The van der Waals surface area contributed by atoms with Crippen LogP contribution in [-0.4, -0.2) is 47.8 Å². The molecule has 1 rings (SSSR count). The SMILES string of the molecule is COC(=O)[C@H](NC(C)=O)C(C)(C)SC(=O)OCOC(=O)C1CCCCC1. The van der Waals surface area contributed by atoms with Crippen molar-refractivity contribution >= 4 is 34.9 Å². The number of carbonyl (C=O) groups excluding carboxylic acids is 4. The topological polar surface area (TPSA) is 108 Å². The Hall–Kier alpha value is -1.77. The van der Waals surface area contributed by atoms with Crippen LogP contribution < -0.4 is 5.32 Å². The van der Waals surface area contributed by atoms with Gasteiger partial charge in [0.15, 0.2) is 0 Å². The Morgan fingerprint density at radius 2 is 1.73 bits per heavy atom. The van der Waals surface area contributed by atoms with Crippen LogP contribution in [0.3, 0.4) is 0 Å². The largest absolute Gasteiger partial charge is 0.467 e. The van der Waals surface area contributed by atoms with Gasteiger partial charge >= 0.3 is 17.2 Å². The average Bonchev–Trinajstić information content (AvgIpc) is 2.59. The van der Waals surface area contributed by atoms with Crippen LogP contribution in [0, 0.1) is 5.92 Å². The van der Waals surface area contributed by atoms with Gasteiger partial charge in [-0.3, -0.25) is 9.59 Å². The number of amides is 1. The van der Waals surface area contributed by atoms with E-state index < -0.39 is 34.8 Å². The predicted molar refractivity (Wildman–Crippen MR) is 95.3 cm³/mol. The molecule has 1 aliphatic carbocycles. The Balaban J connectivity index is 2.49. The molecule has 0 aromatic rings. The molecule has 1 N–H and O–H groups in total. The molecule has 0 radical (unpaired) electrons. The number of hydrogen-bond donors (Lipinski definition) is 1. The highest BCUT2D eigenvalue weighted by Crippen LogP contribution is 2.31. The Kier molecular flexibility index (Phi) is 8.91. The predicted octanol–water partition coefficient (Wildman–Crippen LogP) is 2.39. The van der Waals surface area contributed by atoms with Crippen LogP contribution in [0.2, 0.25) is 0 Å². The van der Waals surface area contributed by atoms with E-state index in [0.29, 0.717) is 11.8 Å². The van der Waals surface area contributed by atoms with Crippen molar-refractivity contribution < 1.29 is 33.4 Å². The molecule has 0 unspecified atom stereocenters. The first kappa shape index (κ1) is 22.3. The highest BCUT2D eigenvalue weighted by atomic mass is 32.2. The zero-order valence-electron chi connectivity index (χ0n) is 15.7. The standard InChI is InChI=1S/C17H27NO7S/c1-11(19)18-13(15(21)23-4)17(2,3)26-16(22)25-10-24-14(20)12-8-6-5-7-9-12/h12-13H,5-10H2,1-4H3,(H,18,19)/t13-/m0/s1. The van der Waals surface area contributed by atoms with Crippen molar-refractivity contribution in [1.29, 1.82) is 0 Å². The second-order valence-corrected chi connectivity index (χ2v) is 8.26. The van der Waals surface area contributed by atoms with Crippen LogP contribution in [0.25, 0.3) is 0 Å². The van der Waals surface area contributed by atoms with Gasteiger partial charge < -0.3 is 19.5 Å². The number of nitrogens with one attached hydrogen (secondary N) is 1. The summed E-state index contributed by atoms with van der Waals surface area (Å²) in [5.41, 5.74) is 0. The van der Waals surface area contributed by atoms with Gasteiger partial charge in [0.2, 0.25) is 12.7 Å². The zero-order chi connectivity index (χ0) is 19.7. The molecule has 0 aromatic heterocycles. The number of thioether (sulfide) groups is 1. The molecule has 0 aliphatic heterocycles. The van der Waals surface area contributed by atoms with Gasteiger partial charge in [0.1, 0.15) is 6.04 Å². The second-order valence-electron chi connectivity index (χ2n) is 6.67. The number of hydrogen-bond acceptors (Lipinski definition) is 8. The van der Waals surface area contributed by atoms with Crippen molar-refractivity contribution in [3.63, 3.8) is 0 Å². The molecule has 148 valence electrons. The van der Waals surface area contributed by atoms with E-state index in [1.807, 2.05) is 0 Å². The van der Waals surface area contributed by atoms with Crippen molar-refractivity contribution in [3.8, 4) is 0 Å². The minimum absolute atomic E-state index is 0.130. The molecule has 1 fully saturated rings. The van der Waals surface area contributed by atoms with Crippen molar-refractivity contribution in [2.45, 2.75) is 63.7 Å². The Morgan fingerprint density at radius 3 is 2.27 bits per heavy atom. The van der Waals surface area contributed by atoms with Crippen LogP contribution in [0.4, 0.5) is 4.79 Å². The molecule has 0 aromatic carbocycles. The molecule has 1 saturated carbocycles. The molecule has 0 spiro atoms. The van der Waals surface area contributed by atoms with E-state index in [-0.39, 0.29) is 11.9 Å². The summed E-state index contributed by atoms with van der Waals surface area (Å²) in [5.74, 6) is -1.58. The summed E-state index contributed by atoms with van der Waals surface area (Å²) in [5, 5.41) is 1.75. The van der Waals surface area contributed by atoms with Crippen LogP contribution in [-0.2, 0) is 28.6 Å². The normalized spacial score (nSPS) is 16.3. The summed E-state index contributed by atoms with van der Waals surface area (Å²) in [7, 11) is 1.20. The zero-order valence-corrected chi connectivity index (χ0v) is 16.5.